The van der Waals surface area contributed by atoms with E-state index >= 15 is 0 Å². The number of hydrogen-bond donors (Lipinski definition) is 1. The predicted octanol–water partition coefficient (Wildman–Crippen LogP) is 3.35. The van der Waals surface area contributed by atoms with Crippen molar-refractivity contribution >= 4 is 22.4 Å². The Kier molecular flexibility index (Phi) is 4.20. The second kappa shape index (κ2) is 6.26. The molecule has 0 fully saturated rings. The third-order valence-electron chi connectivity index (χ3n) is 3.80. The highest BCUT2D eigenvalue weighted by Gasteiger charge is 2.22. The molecule has 0 radical (unpaired) electrons. The standard InChI is InChI=1S/C16H18N2O2S/c1-20-15(19)9-7-12-10-21-16(17-12)18-14-8-6-11-4-2-3-5-13(11)14/h2-5,10,14H,6-9H2,1H3,(H,17,18). The largest absolute Gasteiger partial charge is 0.469 e. The van der Waals surface area contributed by atoms with Crippen LogP contribution >= 0.6 is 11.3 Å². The topological polar surface area (TPSA) is 51.2 Å². The molecule has 0 bridgehead atoms. The van der Waals surface area contributed by atoms with E-state index in [2.05, 4.69) is 39.3 Å². The van der Waals surface area contributed by atoms with Crippen LogP contribution in [0.3, 0.4) is 0 Å². The second-order valence-corrected chi connectivity index (χ2v) is 6.01. The number of aromatic nitrogens is 1. The van der Waals surface area contributed by atoms with E-state index in [0.29, 0.717) is 18.9 Å². The SMILES string of the molecule is COC(=O)CCc1csc(NC2CCc3ccccc32)n1. The molecule has 1 unspecified atom stereocenters. The van der Waals surface area contributed by atoms with Crippen LogP contribution in [0.1, 0.15) is 35.7 Å². The van der Waals surface area contributed by atoms with Gasteiger partial charge in [0.25, 0.3) is 0 Å². The average Bonchev–Trinajstić information content (AvgIpc) is 3.13. The molecule has 110 valence electrons. The van der Waals surface area contributed by atoms with Crippen molar-refractivity contribution in [3.05, 3.63) is 46.5 Å². The Bertz CT molecular complexity index is 639. The van der Waals surface area contributed by atoms with Crippen LogP contribution in [0.15, 0.2) is 29.6 Å². The number of esters is 1. The summed E-state index contributed by atoms with van der Waals surface area (Å²) in [5, 5.41) is 6.44. The summed E-state index contributed by atoms with van der Waals surface area (Å²) in [5.41, 5.74) is 3.75. The van der Waals surface area contributed by atoms with Crippen LogP contribution in [0.25, 0.3) is 0 Å². The Morgan fingerprint density at radius 3 is 3.19 bits per heavy atom. The van der Waals surface area contributed by atoms with Gasteiger partial charge in [-0.05, 0) is 24.0 Å². The zero-order valence-corrected chi connectivity index (χ0v) is 12.8. The van der Waals surface area contributed by atoms with Crippen molar-refractivity contribution in [2.45, 2.75) is 31.7 Å². The van der Waals surface area contributed by atoms with Crippen LogP contribution in [0.5, 0.6) is 0 Å². The van der Waals surface area contributed by atoms with Gasteiger partial charge < -0.3 is 10.1 Å². The molecule has 0 saturated heterocycles. The zero-order valence-electron chi connectivity index (χ0n) is 12.0. The van der Waals surface area contributed by atoms with E-state index in [0.717, 1.165) is 23.7 Å². The number of ether oxygens (including phenoxy) is 1. The van der Waals surface area contributed by atoms with Crippen LogP contribution < -0.4 is 5.32 Å². The highest BCUT2D eigenvalue weighted by atomic mass is 32.1. The third kappa shape index (κ3) is 3.24. The molecule has 21 heavy (non-hydrogen) atoms. The molecular formula is C16H18N2O2S. The third-order valence-corrected chi connectivity index (χ3v) is 4.62. The molecule has 0 amide bonds. The van der Waals surface area contributed by atoms with Crippen molar-refractivity contribution < 1.29 is 9.53 Å². The van der Waals surface area contributed by atoms with E-state index < -0.39 is 0 Å². The van der Waals surface area contributed by atoms with Crippen molar-refractivity contribution in [1.29, 1.82) is 0 Å². The van der Waals surface area contributed by atoms with Crippen molar-refractivity contribution in [1.82, 2.24) is 4.98 Å². The summed E-state index contributed by atoms with van der Waals surface area (Å²) in [6.45, 7) is 0. The highest BCUT2D eigenvalue weighted by molar-refractivity contribution is 7.13. The summed E-state index contributed by atoms with van der Waals surface area (Å²) >= 11 is 1.60. The number of nitrogens with one attached hydrogen (secondary N) is 1. The maximum atomic E-state index is 11.1. The number of fused-ring (bicyclic) bond motifs is 1. The van der Waals surface area contributed by atoms with Gasteiger partial charge in [0.15, 0.2) is 5.13 Å². The molecule has 0 spiro atoms. The number of carbonyl (C=O) groups excluding carboxylic acids is 1. The van der Waals surface area contributed by atoms with Crippen molar-refractivity contribution in [2.24, 2.45) is 0 Å². The molecule has 0 aliphatic heterocycles. The van der Waals surface area contributed by atoms with Crippen LogP contribution in [0.2, 0.25) is 0 Å². The lowest BCUT2D eigenvalue weighted by molar-refractivity contribution is -0.140. The molecule has 1 aliphatic carbocycles. The number of rotatable bonds is 5. The van der Waals surface area contributed by atoms with Gasteiger partial charge in [-0.15, -0.1) is 11.3 Å². The van der Waals surface area contributed by atoms with Crippen molar-refractivity contribution in [3.8, 4) is 0 Å². The van der Waals surface area contributed by atoms with Gasteiger partial charge in [-0.2, -0.15) is 0 Å². The Morgan fingerprint density at radius 1 is 1.48 bits per heavy atom. The fraction of sp³-hybridized carbons (Fsp3) is 0.375. The molecule has 1 aliphatic rings. The highest BCUT2D eigenvalue weighted by Crippen LogP contribution is 2.34. The quantitative estimate of drug-likeness (QED) is 0.861. The molecule has 5 heteroatoms. The minimum Gasteiger partial charge on any atom is -0.469 e. The number of anilines is 1. The summed E-state index contributed by atoms with van der Waals surface area (Å²) < 4.78 is 4.65. The minimum atomic E-state index is -0.192. The van der Waals surface area contributed by atoms with E-state index in [1.165, 1.54) is 18.2 Å². The number of methoxy groups -OCH3 is 1. The normalized spacial score (nSPS) is 16.5. The first-order chi connectivity index (χ1) is 10.3. The van der Waals surface area contributed by atoms with Gasteiger partial charge in [0.05, 0.1) is 25.3 Å². The van der Waals surface area contributed by atoms with Gasteiger partial charge in [0, 0.05) is 11.8 Å². The van der Waals surface area contributed by atoms with Gasteiger partial charge in [0.2, 0.25) is 0 Å². The molecule has 1 atom stereocenters. The smallest absolute Gasteiger partial charge is 0.305 e. The van der Waals surface area contributed by atoms with Crippen LogP contribution in [-0.4, -0.2) is 18.1 Å². The molecule has 4 nitrogen and oxygen atoms in total. The molecule has 1 aromatic carbocycles. The van der Waals surface area contributed by atoms with Gasteiger partial charge in [-0.3, -0.25) is 4.79 Å². The summed E-state index contributed by atoms with van der Waals surface area (Å²) in [5.74, 6) is -0.192. The van der Waals surface area contributed by atoms with Gasteiger partial charge in [0.1, 0.15) is 0 Å². The maximum Gasteiger partial charge on any atom is 0.305 e. The van der Waals surface area contributed by atoms with E-state index in [1.54, 1.807) is 11.3 Å². The zero-order chi connectivity index (χ0) is 14.7. The molecule has 1 heterocycles. The summed E-state index contributed by atoms with van der Waals surface area (Å²) in [7, 11) is 1.41. The second-order valence-electron chi connectivity index (χ2n) is 5.15. The molecule has 2 aromatic rings. The first kappa shape index (κ1) is 14.1. The predicted molar refractivity (Wildman–Crippen MR) is 83.6 cm³/mol. The number of carbonyl (C=O) groups is 1. The van der Waals surface area contributed by atoms with Crippen LogP contribution in [0.4, 0.5) is 5.13 Å². The lowest BCUT2D eigenvalue weighted by atomic mass is 10.1. The molecule has 0 saturated carbocycles. The Morgan fingerprint density at radius 2 is 2.33 bits per heavy atom. The van der Waals surface area contributed by atoms with E-state index in [4.69, 9.17) is 0 Å². The maximum absolute atomic E-state index is 11.1. The van der Waals surface area contributed by atoms with E-state index in [1.807, 2.05) is 5.38 Å². The minimum absolute atomic E-state index is 0.192. The van der Waals surface area contributed by atoms with Gasteiger partial charge >= 0.3 is 5.97 Å². The lowest BCUT2D eigenvalue weighted by Crippen LogP contribution is -2.07. The number of hydrogen-bond acceptors (Lipinski definition) is 5. The molecule has 3 rings (SSSR count). The van der Waals surface area contributed by atoms with E-state index in [9.17, 15) is 4.79 Å². The fourth-order valence-corrected chi connectivity index (χ4v) is 3.47. The number of thiazole rings is 1. The summed E-state index contributed by atoms with van der Waals surface area (Å²) in [6.07, 6.45) is 3.24. The van der Waals surface area contributed by atoms with E-state index in [-0.39, 0.29) is 5.97 Å². The summed E-state index contributed by atoms with van der Waals surface area (Å²) in [4.78, 5) is 15.7. The van der Waals surface area contributed by atoms with Crippen molar-refractivity contribution in [2.75, 3.05) is 12.4 Å². The average molecular weight is 302 g/mol. The van der Waals surface area contributed by atoms with Crippen LogP contribution in [0, 0.1) is 0 Å². The Labute approximate surface area is 128 Å². The Balaban J connectivity index is 1.62. The molecule has 1 N–H and O–H groups in total. The first-order valence-electron chi connectivity index (χ1n) is 7.12. The van der Waals surface area contributed by atoms with Crippen molar-refractivity contribution in [3.63, 3.8) is 0 Å². The first-order valence-corrected chi connectivity index (χ1v) is 8.00. The number of nitrogens with zero attached hydrogens (tertiary/aromatic N) is 1. The lowest BCUT2D eigenvalue weighted by Gasteiger charge is -2.12. The fourth-order valence-electron chi connectivity index (χ4n) is 2.68. The monoisotopic (exact) mass is 302 g/mol. The Hall–Kier alpha value is -1.88. The van der Waals surface area contributed by atoms with Crippen LogP contribution in [-0.2, 0) is 22.4 Å². The molecule has 1 aromatic heterocycles. The summed E-state index contributed by atoms with van der Waals surface area (Å²) in [6, 6.07) is 8.91. The molecular weight excluding hydrogens is 284 g/mol. The van der Waals surface area contributed by atoms with Gasteiger partial charge in [-0.1, -0.05) is 24.3 Å². The number of benzene rings is 1. The number of aryl methyl sites for hydroxylation is 2. The van der Waals surface area contributed by atoms with Gasteiger partial charge in [-0.25, -0.2) is 4.98 Å².